The van der Waals surface area contributed by atoms with Gasteiger partial charge in [0.2, 0.25) is 11.8 Å². The Bertz CT molecular complexity index is 5880. The number of benzene rings is 6. The molecule has 95 heavy (non-hydrogen) atoms. The Morgan fingerprint density at radius 3 is 1.59 bits per heavy atom. The van der Waals surface area contributed by atoms with Crippen LogP contribution in [-0.4, -0.2) is 103 Å². The highest BCUT2D eigenvalue weighted by Gasteiger charge is 2.33. The molecule has 2 amide bonds. The topological polar surface area (TPSA) is 117 Å². The van der Waals surface area contributed by atoms with Crippen LogP contribution < -0.4 is 11.1 Å². The number of hydrogen-bond acceptors (Lipinski definition) is 10. The first-order valence-corrected chi connectivity index (χ1v) is 29.7. The SMILES string of the molecule is [2H]C([2H])(Sc1nc(=O)c2c(n1C([2H])([2H])C(=O)N(CCN(C([2H])([2H])C)C([2H])([2H])C)C([2H])([2H])c1ccc(-c3ccc(C(F)(F)F)cc3)cc1)CCC2)c1ccc(F)cc1.[2H]c1c([2H])c(C([2H])([2H])Sc2nc(=O)c3c(n2C([2H])([2H])C(=O)N(CCN(C([2H])([2H])C)C([2H])([2H])C)C([2H])([2H])c2c([2H])c([2H])c(-c4c([2H])c([2H])c(C(F)(F)F)c(C)c4[2H])c([2H])c2[2H])C([2H])([2H])C([2H])([2H])C3([2H])[2H])c([2H])c([2H])c1F. The largest absolute Gasteiger partial charge is 0.416 e. The van der Waals surface area contributed by atoms with Crippen molar-refractivity contribution < 1.29 is 95.4 Å². The molecule has 502 valence electrons. The summed E-state index contributed by atoms with van der Waals surface area (Å²) >= 11 is -0.339. The maximum atomic E-state index is 15.3. The van der Waals surface area contributed by atoms with Gasteiger partial charge in [0.1, 0.15) is 24.6 Å². The molecule has 6 aromatic carbocycles. The number of likely N-dealkylation sites (N-methyl/N-ethyl adjacent to an activating group) is 2. The van der Waals surface area contributed by atoms with Crippen LogP contribution in [-0.2, 0) is 84.9 Å². The van der Waals surface area contributed by atoms with E-state index in [9.17, 15) is 60.5 Å². The van der Waals surface area contributed by atoms with Crippen LogP contribution in [0.3, 0.4) is 0 Å². The van der Waals surface area contributed by atoms with Crippen LogP contribution in [0.2, 0.25) is 0 Å². The molecular formula is C73H78F8N8O4S2. The highest BCUT2D eigenvalue weighted by atomic mass is 32.2. The Balaban J connectivity index is 0.000000308. The van der Waals surface area contributed by atoms with E-state index in [0.29, 0.717) is 34.3 Å². The summed E-state index contributed by atoms with van der Waals surface area (Å²) in [7, 11) is 0. The zero-order chi connectivity index (χ0) is 101. The fraction of sp³-hybridized carbons (Fsp3) is 0.370. The van der Waals surface area contributed by atoms with E-state index in [1.807, 2.05) is 0 Å². The lowest BCUT2D eigenvalue weighted by molar-refractivity contribution is -0.138. The maximum Gasteiger partial charge on any atom is 0.416 e. The molecule has 0 N–H and O–H groups in total. The average Bonchev–Trinajstić information content (AvgIpc) is 1.51. The molecule has 2 aliphatic rings. The van der Waals surface area contributed by atoms with E-state index in [1.165, 1.54) is 36.4 Å². The second kappa shape index (κ2) is 32.7. The van der Waals surface area contributed by atoms with Crippen molar-refractivity contribution in [1.82, 2.24) is 38.7 Å². The Morgan fingerprint density at radius 1 is 0.547 bits per heavy atom. The number of aromatic nitrogens is 4. The number of fused-ring (bicyclic) bond motifs is 2. The Kier molecular flexibility index (Phi) is 12.7. The molecule has 10 rings (SSSR count). The summed E-state index contributed by atoms with van der Waals surface area (Å²) < 4.78 is 431. The standard InChI is InChI=1S/C37H40F4N4O2S.C36H38F4N4O2S/c1-4-43(5-2)19-20-44(22-26-9-13-28(14-10-26)29-15-18-32(25(3)21-29)37(39,40)41)34(46)23-45-33-8-6-7-31(33)35(47)42-36(45)48-24-27-11-16-30(38)17-12-27;1-3-42(4-2)20-21-43(22-25-8-12-27(13-9-25)28-14-16-29(17-15-28)36(38,39)40)33(45)23-44-32-7-5-6-31(32)34(46)41-35(44)47-24-26-10-18-30(37)19-11-26/h9-18,21H,4-8,19-20,22-24H2,1-3H3;8-19H,3-7,20-24H2,1-2H3/i4D2,5D2,6D2,7D2,8D2,9D,10D,11D,12D,13D,14D,15D,16D,17D,18D,21D,22D2,23D2,24D2;3D2,4D2,22D2,23D2,24D2. The Morgan fingerprint density at radius 2 is 1.04 bits per heavy atom. The van der Waals surface area contributed by atoms with Crippen LogP contribution in [0.4, 0.5) is 35.1 Å². The van der Waals surface area contributed by atoms with Crippen LogP contribution in [0.25, 0.3) is 22.3 Å². The van der Waals surface area contributed by atoms with Gasteiger partial charge in [-0.2, -0.15) is 36.3 Å². The van der Waals surface area contributed by atoms with E-state index in [4.69, 9.17) is 39.8 Å². The van der Waals surface area contributed by atoms with Gasteiger partial charge in [-0.15, -0.1) is 0 Å². The van der Waals surface area contributed by atoms with Crippen molar-refractivity contribution in [3.8, 4) is 22.3 Å². The number of rotatable bonds is 26. The van der Waals surface area contributed by atoms with Crippen molar-refractivity contribution in [2.45, 2.75) is 133 Å². The zero-order valence-electron chi connectivity index (χ0n) is 87.4. The molecule has 12 nitrogen and oxygen atoms in total. The smallest absolute Gasteiger partial charge is 0.336 e. The van der Waals surface area contributed by atoms with Crippen molar-refractivity contribution in [1.29, 1.82) is 0 Å². The van der Waals surface area contributed by atoms with E-state index in [0.717, 1.165) is 73.6 Å². The summed E-state index contributed by atoms with van der Waals surface area (Å²) in [6, 6.07) is -2.20. The van der Waals surface area contributed by atoms with Gasteiger partial charge in [-0.1, -0.05) is 148 Å². The summed E-state index contributed by atoms with van der Waals surface area (Å²) in [5.41, 5.74) is -20.5. The van der Waals surface area contributed by atoms with E-state index in [-0.39, 0.29) is 51.9 Å². The fourth-order valence-corrected chi connectivity index (χ4v) is 10.3. The molecule has 22 heteroatoms. The molecule has 0 unspecified atom stereocenters. The lowest BCUT2D eigenvalue weighted by atomic mass is 9.98. The minimum absolute atomic E-state index is 0.0311. The van der Waals surface area contributed by atoms with E-state index >= 15 is 4.79 Å². The van der Waals surface area contributed by atoms with Crippen molar-refractivity contribution in [2.75, 3.05) is 52.2 Å². The number of hydrogen-bond donors (Lipinski definition) is 0. The first-order chi connectivity index (χ1) is 59.6. The Hall–Kier alpha value is -7.92. The van der Waals surface area contributed by atoms with Crippen LogP contribution >= 0.6 is 23.5 Å². The lowest BCUT2D eigenvalue weighted by Gasteiger charge is -2.28. The van der Waals surface area contributed by atoms with Crippen molar-refractivity contribution in [3.63, 3.8) is 0 Å². The second-order valence-electron chi connectivity index (χ2n) is 19.8. The molecule has 0 bridgehead atoms. The van der Waals surface area contributed by atoms with Gasteiger partial charge >= 0.3 is 12.4 Å². The number of nitrogens with zero attached hydrogens (tertiary/aromatic N) is 8. The highest BCUT2D eigenvalue weighted by Crippen LogP contribution is 2.36. The third-order valence-electron chi connectivity index (χ3n) is 13.7. The van der Waals surface area contributed by atoms with Crippen LogP contribution in [0, 0.1) is 18.6 Å². The second-order valence-corrected chi connectivity index (χ2v) is 21.3. The maximum absolute atomic E-state index is 15.3. The first kappa shape index (κ1) is 37.0. The van der Waals surface area contributed by atoms with Crippen LogP contribution in [0.1, 0.15) is 153 Å². The molecule has 0 aliphatic heterocycles. The van der Waals surface area contributed by atoms with E-state index in [1.54, 1.807) is 0 Å². The molecule has 0 spiro atoms. The molecule has 8 aromatic rings. The van der Waals surface area contributed by atoms with E-state index < -0.39 is 299 Å². The average molecular weight is 1380 g/mol. The number of carbonyl (C=O) groups is 2. The quantitative estimate of drug-likeness (QED) is 0.0295. The van der Waals surface area contributed by atoms with E-state index in [2.05, 4.69) is 9.97 Å². The van der Waals surface area contributed by atoms with Gasteiger partial charge in [-0.05, 0) is 164 Å². The predicted molar refractivity (Wildman–Crippen MR) is 358 cm³/mol. The van der Waals surface area contributed by atoms with Gasteiger partial charge in [0.15, 0.2) is 10.3 Å². The summed E-state index contributed by atoms with van der Waals surface area (Å²) in [6.45, 7) is -24.9. The van der Waals surface area contributed by atoms with Crippen LogP contribution in [0.15, 0.2) is 159 Å². The number of alkyl halides is 6. The number of thioether (sulfide) groups is 2. The minimum Gasteiger partial charge on any atom is -0.336 e. The predicted octanol–water partition coefficient (Wildman–Crippen LogP) is 14.7. The van der Waals surface area contributed by atoms with Gasteiger partial charge in [-0.25, -0.2) is 8.78 Å². The monoisotopic (exact) mass is 1380 g/mol. The molecule has 0 saturated heterocycles. The molecule has 0 radical (unpaired) electrons. The fourth-order valence-electron chi connectivity index (χ4n) is 8.91. The van der Waals surface area contributed by atoms with Gasteiger partial charge < -0.3 is 28.7 Å². The van der Waals surface area contributed by atoms with Crippen molar-refractivity contribution in [3.05, 3.63) is 233 Å². The zero-order valence-corrected chi connectivity index (χ0v) is 52.1. The summed E-state index contributed by atoms with van der Waals surface area (Å²) in [5.74, 6) is -6.47. The van der Waals surface area contributed by atoms with Gasteiger partial charge in [0.25, 0.3) is 11.1 Å². The number of halogens is 8. The third-order valence-corrected chi connectivity index (χ3v) is 15.2. The van der Waals surface area contributed by atoms with Crippen molar-refractivity contribution in [2.24, 2.45) is 0 Å². The number of amides is 2. The Labute approximate surface area is 609 Å². The molecule has 2 heterocycles. The lowest BCUT2D eigenvalue weighted by Crippen LogP contribution is -2.40. The van der Waals surface area contributed by atoms with Crippen molar-refractivity contribution >= 4 is 35.3 Å². The van der Waals surface area contributed by atoms with Gasteiger partial charge in [0.05, 0.1) is 37.2 Å². The molecule has 2 aromatic heterocycles. The molecular weight excluding hydrogens is 1270 g/mol. The summed E-state index contributed by atoms with van der Waals surface area (Å²) in [6.07, 6.45) is -21.1. The molecule has 0 atom stereocenters. The molecule has 2 aliphatic carbocycles. The highest BCUT2D eigenvalue weighted by molar-refractivity contribution is 7.98. The van der Waals surface area contributed by atoms with Gasteiger partial charge in [0, 0.05) is 97.8 Å². The molecule has 0 fully saturated rings. The molecule has 0 saturated carbocycles. The summed E-state index contributed by atoms with van der Waals surface area (Å²) in [4.78, 5) is 65.6. The third kappa shape index (κ3) is 19.0. The number of carbonyl (C=O) groups excluding carboxylic acids is 2. The summed E-state index contributed by atoms with van der Waals surface area (Å²) in [5, 5.41) is -2.18. The van der Waals surface area contributed by atoms with Crippen LogP contribution in [0.5, 0.6) is 0 Å². The first-order valence-electron chi connectivity index (χ1n) is 46.6. The minimum atomic E-state index is -5.32. The normalized spacial score (nSPS) is 21.6. The van der Waals surface area contributed by atoms with Gasteiger partial charge in [-0.3, -0.25) is 19.2 Å².